The Kier molecular flexibility index (Phi) is 8.56. The van der Waals surface area contributed by atoms with Gasteiger partial charge in [0.25, 0.3) is 0 Å². The molecule has 0 amide bonds. The van der Waals surface area contributed by atoms with E-state index in [-0.39, 0.29) is 13.2 Å². The average Bonchev–Trinajstić information content (AvgIpc) is 2.67. The van der Waals surface area contributed by atoms with E-state index >= 15 is 0 Å². The molecule has 0 aliphatic carbocycles. The van der Waals surface area contributed by atoms with Gasteiger partial charge in [-0.2, -0.15) is 0 Å². The van der Waals surface area contributed by atoms with E-state index in [9.17, 15) is 14.4 Å². The lowest BCUT2D eigenvalue weighted by atomic mass is 9.98. The molecule has 1 saturated heterocycles. The number of carbonyl (C=O) groups is 3. The summed E-state index contributed by atoms with van der Waals surface area (Å²) in [5.41, 5.74) is 0.884. The van der Waals surface area contributed by atoms with Crippen LogP contribution in [-0.4, -0.2) is 62.3 Å². The Balaban J connectivity index is 2.28. The van der Waals surface area contributed by atoms with Crippen LogP contribution in [0.5, 0.6) is 0 Å². The van der Waals surface area contributed by atoms with Crippen LogP contribution in [0.25, 0.3) is 0 Å². The Labute approximate surface area is 169 Å². The molecule has 160 valence electrons. The van der Waals surface area contributed by atoms with Crippen molar-refractivity contribution in [1.82, 2.24) is 0 Å². The summed E-state index contributed by atoms with van der Waals surface area (Å²) in [6.07, 6.45) is -4.83. The first-order valence-electron chi connectivity index (χ1n) is 9.13. The van der Waals surface area contributed by atoms with E-state index < -0.39 is 48.6 Å². The number of ether oxygens (including phenoxy) is 6. The smallest absolute Gasteiger partial charge is 0.303 e. The summed E-state index contributed by atoms with van der Waals surface area (Å²) in [5.74, 6) is -1.74. The maximum absolute atomic E-state index is 11.7. The van der Waals surface area contributed by atoms with E-state index in [0.29, 0.717) is 0 Å². The minimum atomic E-state index is -1.05. The second kappa shape index (κ2) is 10.9. The van der Waals surface area contributed by atoms with Gasteiger partial charge < -0.3 is 28.4 Å². The molecule has 0 unspecified atom stereocenters. The molecule has 0 saturated carbocycles. The van der Waals surface area contributed by atoms with Gasteiger partial charge in [0.15, 0.2) is 18.5 Å². The molecule has 5 atom stereocenters. The van der Waals surface area contributed by atoms with E-state index in [0.717, 1.165) is 5.56 Å². The largest absolute Gasteiger partial charge is 0.463 e. The summed E-state index contributed by atoms with van der Waals surface area (Å²) in [4.78, 5) is 34.6. The molecule has 29 heavy (non-hydrogen) atoms. The fraction of sp³-hybridized carbons (Fsp3) is 0.550. The fourth-order valence-electron chi connectivity index (χ4n) is 3.00. The molecular formula is C20H26O9. The van der Waals surface area contributed by atoms with Crippen molar-refractivity contribution in [1.29, 1.82) is 0 Å². The van der Waals surface area contributed by atoms with Gasteiger partial charge in [0.2, 0.25) is 0 Å². The van der Waals surface area contributed by atoms with Crippen LogP contribution < -0.4 is 0 Å². The lowest BCUT2D eigenvalue weighted by molar-refractivity contribution is -0.309. The molecule has 0 bridgehead atoms. The van der Waals surface area contributed by atoms with Gasteiger partial charge in [-0.05, 0) is 5.56 Å². The number of benzene rings is 1. The highest BCUT2D eigenvalue weighted by Gasteiger charge is 2.51. The first-order valence-corrected chi connectivity index (χ1v) is 9.13. The summed E-state index contributed by atoms with van der Waals surface area (Å²) in [7, 11) is 1.41. The molecule has 1 fully saturated rings. The van der Waals surface area contributed by atoms with Gasteiger partial charge in [0, 0.05) is 27.9 Å². The number of rotatable bonds is 8. The van der Waals surface area contributed by atoms with Crippen LogP contribution in [0, 0.1) is 0 Å². The van der Waals surface area contributed by atoms with Gasteiger partial charge in [0.05, 0.1) is 6.61 Å². The van der Waals surface area contributed by atoms with Crippen LogP contribution in [0.1, 0.15) is 26.3 Å². The molecule has 9 nitrogen and oxygen atoms in total. The van der Waals surface area contributed by atoms with E-state index in [4.69, 9.17) is 28.4 Å². The highest BCUT2D eigenvalue weighted by molar-refractivity contribution is 5.67. The second-order valence-electron chi connectivity index (χ2n) is 6.49. The lowest BCUT2D eigenvalue weighted by Gasteiger charge is -2.44. The van der Waals surface area contributed by atoms with Crippen molar-refractivity contribution in [3.8, 4) is 0 Å². The molecule has 0 spiro atoms. The normalized spacial score (nSPS) is 26.4. The monoisotopic (exact) mass is 410 g/mol. The van der Waals surface area contributed by atoms with Crippen molar-refractivity contribution in [2.75, 3.05) is 13.7 Å². The zero-order chi connectivity index (χ0) is 21.4. The number of hydrogen-bond acceptors (Lipinski definition) is 9. The number of methoxy groups -OCH3 is 1. The first-order chi connectivity index (χ1) is 13.8. The minimum absolute atomic E-state index is 0.188. The highest BCUT2D eigenvalue weighted by Crippen LogP contribution is 2.30. The third-order valence-corrected chi connectivity index (χ3v) is 4.16. The van der Waals surface area contributed by atoms with Crippen LogP contribution in [0.2, 0.25) is 0 Å². The Morgan fingerprint density at radius 2 is 1.52 bits per heavy atom. The Morgan fingerprint density at radius 1 is 0.897 bits per heavy atom. The second-order valence-corrected chi connectivity index (χ2v) is 6.49. The van der Waals surface area contributed by atoms with E-state index in [1.165, 1.54) is 27.9 Å². The highest BCUT2D eigenvalue weighted by atomic mass is 16.7. The van der Waals surface area contributed by atoms with Crippen LogP contribution >= 0.6 is 0 Å². The van der Waals surface area contributed by atoms with Gasteiger partial charge in [0.1, 0.15) is 18.8 Å². The quantitative estimate of drug-likeness (QED) is 0.464. The molecule has 0 radical (unpaired) electrons. The van der Waals surface area contributed by atoms with E-state index in [1.807, 2.05) is 30.3 Å². The van der Waals surface area contributed by atoms with Gasteiger partial charge >= 0.3 is 17.9 Å². The van der Waals surface area contributed by atoms with Crippen molar-refractivity contribution in [2.45, 2.75) is 58.1 Å². The predicted molar refractivity (Wildman–Crippen MR) is 98.4 cm³/mol. The maximum atomic E-state index is 11.7. The summed E-state index contributed by atoms with van der Waals surface area (Å²) in [5, 5.41) is 0. The third kappa shape index (κ3) is 6.81. The van der Waals surface area contributed by atoms with Crippen LogP contribution in [0.4, 0.5) is 0 Å². The number of carbonyl (C=O) groups excluding carboxylic acids is 3. The fourth-order valence-corrected chi connectivity index (χ4v) is 3.00. The van der Waals surface area contributed by atoms with E-state index in [2.05, 4.69) is 0 Å². The molecule has 0 aromatic heterocycles. The topological polar surface area (TPSA) is 107 Å². The van der Waals surface area contributed by atoms with E-state index in [1.54, 1.807) is 0 Å². The number of esters is 3. The Bertz CT molecular complexity index is 690. The molecule has 0 N–H and O–H groups in total. The molecule has 9 heteroatoms. The van der Waals surface area contributed by atoms with Crippen molar-refractivity contribution in [2.24, 2.45) is 0 Å². The van der Waals surface area contributed by atoms with Gasteiger partial charge in [-0.1, -0.05) is 30.3 Å². The van der Waals surface area contributed by atoms with Crippen LogP contribution in [-0.2, 0) is 49.4 Å². The van der Waals surface area contributed by atoms with Gasteiger partial charge in [-0.3, -0.25) is 14.4 Å². The summed E-state index contributed by atoms with van der Waals surface area (Å²) >= 11 is 0. The maximum Gasteiger partial charge on any atom is 0.303 e. The molecule has 1 aliphatic rings. The van der Waals surface area contributed by atoms with Crippen molar-refractivity contribution in [3.63, 3.8) is 0 Å². The SMILES string of the molecule is CO[C@H]1O[C@H](COC(C)=O)[C@@H](OC(C)=O)[C@H](OC(C)=O)[C@H]1OCc1ccccc1. The van der Waals surface area contributed by atoms with Crippen molar-refractivity contribution >= 4 is 17.9 Å². The Hall–Kier alpha value is -2.49. The van der Waals surface area contributed by atoms with Gasteiger partial charge in [-0.15, -0.1) is 0 Å². The molecule has 1 aromatic carbocycles. The Morgan fingerprint density at radius 3 is 2.07 bits per heavy atom. The standard InChI is InChI=1S/C20H26O9/c1-12(21)25-11-16-17(27-13(2)22)18(28-14(3)23)19(20(24-4)29-16)26-10-15-8-6-5-7-9-15/h5-9,16-20H,10-11H2,1-4H3/t16-,17-,18+,19-,20+/m1/s1. The van der Waals surface area contributed by atoms with Crippen molar-refractivity contribution in [3.05, 3.63) is 35.9 Å². The summed E-state index contributed by atoms with van der Waals surface area (Å²) in [6.45, 7) is 3.67. The molecule has 2 rings (SSSR count). The summed E-state index contributed by atoms with van der Waals surface area (Å²) in [6, 6.07) is 9.36. The zero-order valence-corrected chi connectivity index (χ0v) is 16.9. The molecular weight excluding hydrogens is 384 g/mol. The zero-order valence-electron chi connectivity index (χ0n) is 16.9. The average molecular weight is 410 g/mol. The minimum Gasteiger partial charge on any atom is -0.463 e. The molecule has 1 aliphatic heterocycles. The van der Waals surface area contributed by atoms with Crippen LogP contribution in [0.3, 0.4) is 0 Å². The molecule has 1 aromatic rings. The lowest BCUT2D eigenvalue weighted by Crippen LogP contribution is -2.62. The van der Waals surface area contributed by atoms with Gasteiger partial charge in [-0.25, -0.2) is 0 Å². The molecule has 1 heterocycles. The van der Waals surface area contributed by atoms with Crippen LogP contribution in [0.15, 0.2) is 30.3 Å². The summed E-state index contributed by atoms with van der Waals surface area (Å²) < 4.78 is 32.9. The van der Waals surface area contributed by atoms with Crippen molar-refractivity contribution < 1.29 is 42.8 Å². The first kappa shape index (κ1) is 22.8. The third-order valence-electron chi connectivity index (χ3n) is 4.16. The predicted octanol–water partition coefficient (Wildman–Crippen LogP) is 1.37. The number of hydrogen-bond donors (Lipinski definition) is 0.